The highest BCUT2D eigenvalue weighted by Gasteiger charge is 2.13. The maximum Gasteiger partial charge on any atom is 0.178 e. The summed E-state index contributed by atoms with van der Waals surface area (Å²) < 4.78 is 17.2. The number of carbonyl (C=O) groups is 1. The monoisotopic (exact) mass is 547 g/mol. The number of ether oxygens (including phenoxy) is 3. The minimum Gasteiger partial charge on any atom is -0.488 e. The number of H-pyrrole nitrogens is 1. The smallest absolute Gasteiger partial charge is 0.178 e. The van der Waals surface area contributed by atoms with Crippen molar-refractivity contribution >= 4 is 17.5 Å². The number of carbonyl (C=O) groups excluding carboxylic acids is 1. The van der Waals surface area contributed by atoms with Gasteiger partial charge in [0.2, 0.25) is 0 Å². The van der Waals surface area contributed by atoms with E-state index in [9.17, 15) is 4.79 Å². The molecule has 1 saturated heterocycles. The van der Waals surface area contributed by atoms with E-state index in [1.807, 2.05) is 51.1 Å². The number of fused-ring (bicyclic) bond motifs is 1. The minimum absolute atomic E-state index is 0.137. The van der Waals surface area contributed by atoms with Crippen LogP contribution in [-0.4, -0.2) is 91.1 Å². The molecule has 2 aromatic carbocycles. The first-order valence-corrected chi connectivity index (χ1v) is 13.7. The molecule has 5 rings (SSSR count). The SMILES string of the molecule is CC.CN1CCN(C)CC1.COCC(C)Oc1cc(Oc2ccc(C=O)cc2)cc(-c2nc3ncccc3[nH]2)c1. The molecule has 0 bridgehead atoms. The van der Waals surface area contributed by atoms with Crippen LogP contribution in [0.4, 0.5) is 0 Å². The predicted octanol–water partition coefficient (Wildman–Crippen LogP) is 5.53. The number of aromatic amines is 1. The number of likely N-dealkylation sites (N-methyl/N-ethyl adjacent to an activating group) is 2. The zero-order valence-corrected chi connectivity index (χ0v) is 24.4. The highest BCUT2D eigenvalue weighted by Crippen LogP contribution is 2.32. The van der Waals surface area contributed by atoms with E-state index in [0.29, 0.717) is 40.9 Å². The number of methoxy groups -OCH3 is 1. The fraction of sp³-hybridized carbons (Fsp3) is 0.387. The quantitative estimate of drug-likeness (QED) is 0.288. The third kappa shape index (κ3) is 9.15. The average Bonchev–Trinajstić information content (AvgIpc) is 3.41. The van der Waals surface area contributed by atoms with Crippen molar-refractivity contribution in [2.45, 2.75) is 26.9 Å². The number of nitrogens with one attached hydrogen (secondary N) is 1. The zero-order chi connectivity index (χ0) is 28.9. The highest BCUT2D eigenvalue weighted by molar-refractivity contribution is 5.76. The summed E-state index contributed by atoms with van der Waals surface area (Å²) in [6, 6.07) is 16.3. The summed E-state index contributed by atoms with van der Waals surface area (Å²) in [5.41, 5.74) is 2.87. The molecular formula is C31H41N5O4. The molecule has 3 heterocycles. The lowest BCUT2D eigenvalue weighted by molar-refractivity contribution is 0.0920. The summed E-state index contributed by atoms with van der Waals surface area (Å²) in [4.78, 5) is 27.7. The molecule has 1 atom stereocenters. The van der Waals surface area contributed by atoms with Crippen molar-refractivity contribution < 1.29 is 19.0 Å². The van der Waals surface area contributed by atoms with Gasteiger partial charge in [0.1, 0.15) is 35.5 Å². The van der Waals surface area contributed by atoms with Crippen molar-refractivity contribution in [1.82, 2.24) is 24.8 Å². The molecule has 0 saturated carbocycles. The summed E-state index contributed by atoms with van der Waals surface area (Å²) >= 11 is 0. The maximum atomic E-state index is 10.9. The van der Waals surface area contributed by atoms with Crippen LogP contribution in [0.25, 0.3) is 22.6 Å². The number of imidazole rings is 1. The van der Waals surface area contributed by atoms with Crippen LogP contribution >= 0.6 is 0 Å². The summed E-state index contributed by atoms with van der Waals surface area (Å²) in [6.45, 7) is 11.3. The van der Waals surface area contributed by atoms with Gasteiger partial charge in [-0.2, -0.15) is 0 Å². The van der Waals surface area contributed by atoms with Crippen molar-refractivity contribution in [3.05, 3.63) is 66.4 Å². The predicted molar refractivity (Wildman–Crippen MR) is 160 cm³/mol. The Bertz CT molecular complexity index is 1270. The number of rotatable bonds is 8. The molecular weight excluding hydrogens is 506 g/mol. The van der Waals surface area contributed by atoms with Crippen LogP contribution in [0.5, 0.6) is 17.2 Å². The van der Waals surface area contributed by atoms with E-state index in [1.165, 1.54) is 26.2 Å². The van der Waals surface area contributed by atoms with E-state index in [0.717, 1.165) is 17.4 Å². The Balaban J connectivity index is 0.000000376. The standard InChI is InChI=1S/C23H21N3O4.C6H14N2.C2H6/c1-15(14-28-2)29-19-10-17(22-25-21-4-3-9-24-23(21)26-22)11-20(12-19)30-18-7-5-16(13-27)6-8-18;1-7-3-5-8(2)6-4-7;1-2/h3-13,15H,14H2,1-2H3,(H,24,25,26);3-6H2,1-2H3;1-2H3. The number of hydrogen-bond donors (Lipinski definition) is 1. The maximum absolute atomic E-state index is 10.9. The van der Waals surface area contributed by atoms with Crippen LogP contribution in [0, 0.1) is 0 Å². The molecule has 4 aromatic rings. The Morgan fingerprint density at radius 3 is 2.20 bits per heavy atom. The number of hydrogen-bond acceptors (Lipinski definition) is 8. The molecule has 214 valence electrons. The van der Waals surface area contributed by atoms with Gasteiger partial charge in [0.15, 0.2) is 5.65 Å². The average molecular weight is 548 g/mol. The molecule has 0 aliphatic carbocycles. The number of benzene rings is 2. The van der Waals surface area contributed by atoms with E-state index < -0.39 is 0 Å². The van der Waals surface area contributed by atoms with Crippen molar-refractivity contribution in [1.29, 1.82) is 0 Å². The van der Waals surface area contributed by atoms with Crippen LogP contribution in [0.1, 0.15) is 31.1 Å². The number of aldehydes is 1. The highest BCUT2D eigenvalue weighted by atomic mass is 16.5. The molecule has 1 fully saturated rings. The van der Waals surface area contributed by atoms with E-state index >= 15 is 0 Å². The second-order valence-corrected chi connectivity index (χ2v) is 9.43. The number of nitrogens with zero attached hydrogens (tertiary/aromatic N) is 4. The van der Waals surface area contributed by atoms with Gasteiger partial charge in [-0.25, -0.2) is 9.97 Å². The number of aromatic nitrogens is 3. The van der Waals surface area contributed by atoms with Gasteiger partial charge in [0, 0.05) is 56.7 Å². The fourth-order valence-electron chi connectivity index (χ4n) is 3.98. The van der Waals surface area contributed by atoms with E-state index in [4.69, 9.17) is 14.2 Å². The first-order valence-electron chi connectivity index (χ1n) is 13.7. The Hall–Kier alpha value is -3.79. The summed E-state index contributed by atoms with van der Waals surface area (Å²) in [5, 5.41) is 0. The molecule has 1 aliphatic heterocycles. The molecule has 0 spiro atoms. The molecule has 0 amide bonds. The summed E-state index contributed by atoms with van der Waals surface area (Å²) in [7, 11) is 5.98. The van der Waals surface area contributed by atoms with Crippen molar-refractivity contribution in [2.24, 2.45) is 0 Å². The molecule has 9 heteroatoms. The van der Waals surface area contributed by atoms with Gasteiger partial charge in [-0.1, -0.05) is 13.8 Å². The van der Waals surface area contributed by atoms with Crippen LogP contribution in [0.3, 0.4) is 0 Å². The second-order valence-electron chi connectivity index (χ2n) is 9.43. The van der Waals surface area contributed by atoms with Gasteiger partial charge in [0.05, 0.1) is 12.1 Å². The lowest BCUT2D eigenvalue weighted by atomic mass is 10.2. The third-order valence-electron chi connectivity index (χ3n) is 6.13. The van der Waals surface area contributed by atoms with Gasteiger partial charge in [0.25, 0.3) is 0 Å². The molecule has 9 nitrogen and oxygen atoms in total. The molecule has 2 aromatic heterocycles. The largest absolute Gasteiger partial charge is 0.488 e. The minimum atomic E-state index is -0.137. The van der Waals surface area contributed by atoms with E-state index in [-0.39, 0.29) is 6.10 Å². The molecule has 1 unspecified atom stereocenters. The van der Waals surface area contributed by atoms with E-state index in [1.54, 1.807) is 37.6 Å². The molecule has 40 heavy (non-hydrogen) atoms. The first kappa shape index (κ1) is 30.7. The third-order valence-corrected chi connectivity index (χ3v) is 6.13. The van der Waals surface area contributed by atoms with Crippen molar-refractivity contribution in [3.63, 3.8) is 0 Å². The Labute approximate surface area is 237 Å². The Morgan fingerprint density at radius 2 is 1.60 bits per heavy atom. The van der Waals surface area contributed by atoms with Gasteiger partial charge >= 0.3 is 0 Å². The molecule has 1 N–H and O–H groups in total. The number of piperazine rings is 1. The van der Waals surface area contributed by atoms with Crippen molar-refractivity contribution in [2.75, 3.05) is 54.0 Å². The normalized spacial score (nSPS) is 14.3. The zero-order valence-electron chi connectivity index (χ0n) is 24.4. The van der Waals surface area contributed by atoms with Gasteiger partial charge < -0.3 is 29.0 Å². The summed E-state index contributed by atoms with van der Waals surface area (Å²) in [5.74, 6) is 2.49. The second kappa shape index (κ2) is 15.7. The van der Waals surface area contributed by atoms with Gasteiger partial charge in [-0.3, -0.25) is 4.79 Å². The Morgan fingerprint density at radius 1 is 0.950 bits per heavy atom. The Kier molecular flexibility index (Phi) is 12.1. The van der Waals surface area contributed by atoms with Crippen LogP contribution in [0.2, 0.25) is 0 Å². The molecule has 0 radical (unpaired) electrons. The van der Waals surface area contributed by atoms with Crippen LogP contribution < -0.4 is 9.47 Å². The first-order chi connectivity index (χ1) is 19.4. The van der Waals surface area contributed by atoms with Gasteiger partial charge in [-0.15, -0.1) is 0 Å². The van der Waals surface area contributed by atoms with E-state index in [2.05, 4.69) is 38.8 Å². The summed E-state index contributed by atoms with van der Waals surface area (Å²) in [6.07, 6.45) is 2.36. The van der Waals surface area contributed by atoms with Gasteiger partial charge in [-0.05, 0) is 69.6 Å². The van der Waals surface area contributed by atoms with Crippen LogP contribution in [0.15, 0.2) is 60.8 Å². The lowest BCUT2D eigenvalue weighted by Crippen LogP contribution is -2.42. The fourth-order valence-corrected chi connectivity index (χ4v) is 3.98. The van der Waals surface area contributed by atoms with Crippen LogP contribution in [-0.2, 0) is 4.74 Å². The number of pyridine rings is 1. The van der Waals surface area contributed by atoms with Crippen molar-refractivity contribution in [3.8, 4) is 28.6 Å². The lowest BCUT2D eigenvalue weighted by Gasteiger charge is -2.28. The molecule has 1 aliphatic rings. The topological polar surface area (TPSA) is 92.8 Å².